The molecule has 0 aromatic heterocycles. The Bertz CT molecular complexity index is 1070. The maximum atomic E-state index is 12.8. The third-order valence-corrected chi connectivity index (χ3v) is 11.1. The summed E-state index contributed by atoms with van der Waals surface area (Å²) < 4.78 is 5.97. The topological polar surface area (TPSA) is 119 Å². The molecule has 59 heavy (non-hydrogen) atoms. The number of carboxylic acid groups (broad SMARTS) is 1. The highest BCUT2D eigenvalue weighted by molar-refractivity contribution is 5.83. The number of carboxylic acids is 1. The second-order valence-electron chi connectivity index (χ2n) is 16.9. The van der Waals surface area contributed by atoms with Crippen molar-refractivity contribution in [1.29, 1.82) is 0 Å². The van der Waals surface area contributed by atoms with Gasteiger partial charge in [0.1, 0.15) is 12.1 Å². The van der Waals surface area contributed by atoms with Crippen LogP contribution in [0.4, 0.5) is 0 Å². The van der Waals surface area contributed by atoms with E-state index < -0.39 is 12.0 Å². The fourth-order valence-electron chi connectivity index (χ4n) is 7.31. The van der Waals surface area contributed by atoms with Gasteiger partial charge < -0.3 is 20.9 Å². The summed E-state index contributed by atoms with van der Waals surface area (Å²) in [6.07, 6.45) is 57.7. The molecule has 0 aromatic carbocycles. The molecule has 0 rings (SSSR count). The molecule has 4 N–H and O–H groups in total. The molecular weight excluding hydrogens is 733 g/mol. The van der Waals surface area contributed by atoms with Crippen molar-refractivity contribution in [2.75, 3.05) is 6.54 Å². The van der Waals surface area contributed by atoms with Crippen molar-refractivity contribution < 1.29 is 24.2 Å². The third-order valence-electron chi connectivity index (χ3n) is 11.1. The number of allylic oxidation sites excluding steroid dienone is 7. The van der Waals surface area contributed by atoms with Crippen molar-refractivity contribution in [2.45, 2.75) is 257 Å². The molecule has 2 atom stereocenters. The Morgan fingerprint density at radius 2 is 0.932 bits per heavy atom. The monoisotopic (exact) mass is 827 g/mol. The number of rotatable bonds is 45. The van der Waals surface area contributed by atoms with Crippen LogP contribution in [0.25, 0.3) is 0 Å². The molecule has 0 saturated carbocycles. The van der Waals surface area contributed by atoms with Crippen LogP contribution >= 0.6 is 0 Å². The van der Waals surface area contributed by atoms with Gasteiger partial charge in [-0.3, -0.25) is 9.59 Å². The smallest absolute Gasteiger partial charge is 0.326 e. The van der Waals surface area contributed by atoms with Gasteiger partial charge in [-0.1, -0.05) is 185 Å². The minimum absolute atomic E-state index is 0.0756. The number of hydrogen-bond donors (Lipinski definition) is 3. The number of carbonyl (C=O) groups excluding carboxylic acids is 2. The quantitative estimate of drug-likeness (QED) is 0.0320. The van der Waals surface area contributed by atoms with E-state index in [1.807, 2.05) is 0 Å². The highest BCUT2D eigenvalue weighted by atomic mass is 16.5. The number of hydrogen-bond acceptors (Lipinski definition) is 5. The van der Waals surface area contributed by atoms with Crippen molar-refractivity contribution in [1.82, 2.24) is 5.32 Å². The van der Waals surface area contributed by atoms with E-state index in [4.69, 9.17) is 10.5 Å². The molecular formula is C52H94N2O5. The number of esters is 1. The molecule has 342 valence electrons. The van der Waals surface area contributed by atoms with Crippen LogP contribution in [0, 0.1) is 0 Å². The lowest BCUT2D eigenvalue weighted by Gasteiger charge is -2.15. The molecule has 0 aliphatic carbocycles. The van der Waals surface area contributed by atoms with Crippen LogP contribution in [-0.2, 0) is 19.1 Å². The highest BCUT2D eigenvalue weighted by Crippen LogP contribution is 2.16. The minimum atomic E-state index is -1.01. The number of amides is 1. The lowest BCUT2D eigenvalue weighted by atomic mass is 10.0. The van der Waals surface area contributed by atoms with Crippen molar-refractivity contribution in [2.24, 2.45) is 5.73 Å². The Morgan fingerprint density at radius 3 is 1.42 bits per heavy atom. The van der Waals surface area contributed by atoms with E-state index in [2.05, 4.69) is 67.8 Å². The molecule has 0 radical (unpaired) electrons. The zero-order valence-electron chi connectivity index (χ0n) is 38.6. The molecule has 2 unspecified atom stereocenters. The van der Waals surface area contributed by atoms with Gasteiger partial charge in [0.2, 0.25) is 5.91 Å². The Labute approximate surface area is 364 Å². The lowest BCUT2D eigenvalue weighted by Crippen LogP contribution is -2.40. The summed E-state index contributed by atoms with van der Waals surface area (Å²) in [5.41, 5.74) is 5.48. The molecule has 7 heteroatoms. The predicted molar refractivity (Wildman–Crippen MR) is 253 cm³/mol. The Hall–Kier alpha value is -2.67. The normalized spacial score (nSPS) is 13.0. The molecule has 0 fully saturated rings. The summed E-state index contributed by atoms with van der Waals surface area (Å²) in [7, 11) is 0. The second kappa shape index (κ2) is 46.4. The first-order valence-corrected chi connectivity index (χ1v) is 25.0. The Morgan fingerprint density at radius 1 is 0.508 bits per heavy atom. The standard InChI is InChI=1S/C52H94N2O5/c1-3-5-7-9-11-13-14-15-16-17-18-19-20-21-22-23-24-25-26-28-30-36-40-46-51(56)59-48(42-37-33-29-27-12-10-8-6-4-2)43-38-34-31-32-35-39-45-50(55)54-49(52(57)58)44-41-47-53/h14-15,17-18,27,29,37,42,48-49H,3-13,16,19-26,28,30-36,38-41,43-47,53H2,1-2H3,(H,54,55)(H,57,58)/b15-14-,18-17-,29-27-,42-37-. The van der Waals surface area contributed by atoms with Gasteiger partial charge in [-0.15, -0.1) is 0 Å². The van der Waals surface area contributed by atoms with Crippen LogP contribution in [0.2, 0.25) is 0 Å². The number of aliphatic carboxylic acids is 1. The van der Waals surface area contributed by atoms with Gasteiger partial charge in [-0.2, -0.15) is 0 Å². The molecule has 0 saturated heterocycles. The van der Waals surface area contributed by atoms with Gasteiger partial charge in [0.05, 0.1) is 0 Å². The average molecular weight is 827 g/mol. The van der Waals surface area contributed by atoms with E-state index in [0.717, 1.165) is 77.0 Å². The molecule has 7 nitrogen and oxygen atoms in total. The van der Waals surface area contributed by atoms with Crippen LogP contribution in [0.1, 0.15) is 245 Å². The Balaban J connectivity index is 4.15. The van der Waals surface area contributed by atoms with E-state index in [1.165, 1.54) is 128 Å². The maximum Gasteiger partial charge on any atom is 0.326 e. The molecule has 0 heterocycles. The van der Waals surface area contributed by atoms with E-state index in [0.29, 0.717) is 32.2 Å². The number of carbonyl (C=O) groups is 3. The summed E-state index contributed by atoms with van der Waals surface area (Å²) >= 11 is 0. The largest absolute Gasteiger partial charge is 0.480 e. The summed E-state index contributed by atoms with van der Waals surface area (Å²) in [5, 5.41) is 11.9. The first kappa shape index (κ1) is 56.3. The summed E-state index contributed by atoms with van der Waals surface area (Å²) in [6.45, 7) is 4.92. The number of nitrogens with two attached hydrogens (primary N) is 1. The molecule has 0 spiro atoms. The van der Waals surface area contributed by atoms with Crippen molar-refractivity contribution in [3.05, 3.63) is 48.6 Å². The van der Waals surface area contributed by atoms with Crippen molar-refractivity contribution >= 4 is 17.8 Å². The first-order chi connectivity index (χ1) is 28.9. The van der Waals surface area contributed by atoms with E-state index >= 15 is 0 Å². The first-order valence-electron chi connectivity index (χ1n) is 25.0. The maximum absolute atomic E-state index is 12.8. The predicted octanol–water partition coefficient (Wildman–Crippen LogP) is 14.7. The van der Waals surface area contributed by atoms with Gasteiger partial charge in [-0.25, -0.2) is 4.79 Å². The highest BCUT2D eigenvalue weighted by Gasteiger charge is 2.18. The molecule has 0 aliphatic rings. The van der Waals surface area contributed by atoms with Crippen LogP contribution in [0.15, 0.2) is 48.6 Å². The van der Waals surface area contributed by atoms with Gasteiger partial charge in [0.25, 0.3) is 0 Å². The third kappa shape index (κ3) is 43.2. The van der Waals surface area contributed by atoms with E-state index in [9.17, 15) is 19.5 Å². The van der Waals surface area contributed by atoms with Gasteiger partial charge >= 0.3 is 11.9 Å². The number of nitrogens with one attached hydrogen (secondary N) is 1. The summed E-state index contributed by atoms with van der Waals surface area (Å²) in [5.74, 6) is -1.28. The number of ether oxygens (including phenoxy) is 1. The Kier molecular flexibility index (Phi) is 44.3. The van der Waals surface area contributed by atoms with Gasteiger partial charge in [0.15, 0.2) is 0 Å². The zero-order valence-corrected chi connectivity index (χ0v) is 38.6. The minimum Gasteiger partial charge on any atom is -0.480 e. The second-order valence-corrected chi connectivity index (χ2v) is 16.9. The van der Waals surface area contributed by atoms with Crippen LogP contribution in [-0.4, -0.2) is 41.6 Å². The summed E-state index contributed by atoms with van der Waals surface area (Å²) in [6, 6.07) is -0.857. The van der Waals surface area contributed by atoms with E-state index in [-0.39, 0.29) is 18.0 Å². The molecule has 1 amide bonds. The van der Waals surface area contributed by atoms with Gasteiger partial charge in [-0.05, 0) is 103 Å². The zero-order chi connectivity index (χ0) is 43.1. The number of unbranched alkanes of at least 4 members (excludes halogenated alkanes) is 25. The molecule has 0 aliphatic heterocycles. The SMILES string of the molecule is CCCCCC/C=C\C/C=C\C(CCCCCCCCC(=O)NC(CCCN)C(=O)O)OC(=O)CCCCCCCCCCCCC/C=C\C/C=C\CCCCCCC. The van der Waals surface area contributed by atoms with Crippen LogP contribution in [0.5, 0.6) is 0 Å². The van der Waals surface area contributed by atoms with Gasteiger partial charge in [0, 0.05) is 12.8 Å². The molecule has 0 bridgehead atoms. The van der Waals surface area contributed by atoms with E-state index in [1.54, 1.807) is 0 Å². The fourth-order valence-corrected chi connectivity index (χ4v) is 7.31. The lowest BCUT2D eigenvalue weighted by molar-refractivity contribution is -0.147. The fraction of sp³-hybridized carbons (Fsp3) is 0.788. The van der Waals surface area contributed by atoms with Crippen LogP contribution in [0.3, 0.4) is 0 Å². The van der Waals surface area contributed by atoms with Crippen molar-refractivity contribution in [3.8, 4) is 0 Å². The van der Waals surface area contributed by atoms with Crippen LogP contribution < -0.4 is 11.1 Å². The molecule has 0 aromatic rings. The summed E-state index contributed by atoms with van der Waals surface area (Å²) in [4.78, 5) is 36.4. The average Bonchev–Trinajstić information content (AvgIpc) is 3.22. The van der Waals surface area contributed by atoms with Crippen molar-refractivity contribution in [3.63, 3.8) is 0 Å².